The average Bonchev–Trinajstić information content (AvgIpc) is 1.89. The van der Waals surface area contributed by atoms with Crippen LogP contribution < -0.4 is 31.3 Å². The number of fused-ring (bicyclic) bond motifs is 5. The molecule has 1 aliphatic carbocycles. The van der Waals surface area contributed by atoms with E-state index < -0.39 is 108 Å². The molecule has 0 spiro atoms. The van der Waals surface area contributed by atoms with Crippen LogP contribution in [0.15, 0.2) is 48.1 Å². The lowest BCUT2D eigenvalue weighted by molar-refractivity contribution is -0.187. The Labute approximate surface area is 494 Å². The maximum absolute atomic E-state index is 16.2. The maximum atomic E-state index is 16.2. The summed E-state index contributed by atoms with van der Waals surface area (Å²) >= 11 is 13.5. The van der Waals surface area contributed by atoms with E-state index in [1.807, 2.05) is 13.0 Å². The number of allylic oxidation sites excluding steroid dienone is 3. The minimum absolute atomic E-state index is 0.00996. The number of carbonyl (C=O) groups is 8. The fraction of sp³-hybridized carbons (Fsp3) is 0.600. The number of nitrogens with zero attached hydrogens (tertiary/aromatic N) is 1. The van der Waals surface area contributed by atoms with Crippen LogP contribution in [0, 0.1) is 29.5 Å². The molecule has 456 valence electrons. The third-order valence-electron chi connectivity index (χ3n) is 16.2. The summed E-state index contributed by atoms with van der Waals surface area (Å²) < 4.78 is 51.0. The van der Waals surface area contributed by atoms with Gasteiger partial charge in [0.15, 0.2) is 5.78 Å². The molecule has 2 aromatic rings. The molecule has 0 aromatic heterocycles. The number of hydrogen-bond donors (Lipinski definition) is 5. The highest BCUT2D eigenvalue weighted by Gasteiger charge is 2.64. The number of ether oxygens (including phenoxy) is 6. The zero-order valence-electron chi connectivity index (χ0n) is 48.6. The summed E-state index contributed by atoms with van der Waals surface area (Å²) in [5.74, 6) is -5.12. The van der Waals surface area contributed by atoms with E-state index in [-0.39, 0.29) is 96.6 Å². The number of nitrogens with two attached hydrogens (primary N) is 1. The standard InChI is InChI=1S/C60H80Cl2FN5O15/c1-33(2)40(28-39(69)18-10-9-11-22-80-56(74)37-16-13-17-37)55(73)66-43(19-14-21-65-57(64)75)46(70)27-38-26-41(61)44(29-42(38)63)67-58(76)82-50-30-51(71)68(6)45-24-36(25-47(78-7)53(45)62)23-34(3)15-12-20-49(79-8)60(77)31-48(81-52(72)32-60)35(4)54-59(50,5)83-54/h12,15,20,24-26,29,33,35,37,40,43,48-50,54,77H,9-11,13-14,16-19,21-23,27-28,30-32H2,1-8H3,(H,66,73)(H,67,76)(H3,64,65,75)/b20-12+,34-15+/t35-,40+,43+,48+,49-,50+,54+,59+,60-/m1/s1. The lowest BCUT2D eigenvalue weighted by atomic mass is 9.78. The first-order chi connectivity index (χ1) is 39.3. The summed E-state index contributed by atoms with van der Waals surface area (Å²) in [4.78, 5) is 107. The molecule has 0 radical (unpaired) electrons. The van der Waals surface area contributed by atoms with E-state index in [2.05, 4.69) is 16.0 Å². The third kappa shape index (κ3) is 17.7. The van der Waals surface area contributed by atoms with E-state index in [4.69, 9.17) is 57.4 Å². The molecule has 2 saturated heterocycles. The summed E-state index contributed by atoms with van der Waals surface area (Å²) in [6.07, 6.45) is 3.93. The molecule has 5 amide bonds. The van der Waals surface area contributed by atoms with Crippen molar-refractivity contribution < 1.29 is 76.3 Å². The maximum Gasteiger partial charge on any atom is 0.412 e. The molecule has 9 atom stereocenters. The van der Waals surface area contributed by atoms with Gasteiger partial charge in [0, 0.05) is 58.2 Å². The van der Waals surface area contributed by atoms with E-state index >= 15 is 4.39 Å². The zero-order valence-corrected chi connectivity index (χ0v) is 50.1. The number of halogens is 3. The van der Waals surface area contributed by atoms with Crippen molar-refractivity contribution in [1.29, 1.82) is 0 Å². The molecule has 4 aliphatic rings. The van der Waals surface area contributed by atoms with Crippen LogP contribution in [0.2, 0.25) is 10.0 Å². The third-order valence-corrected chi connectivity index (χ3v) is 16.9. The van der Waals surface area contributed by atoms with Gasteiger partial charge in [0.2, 0.25) is 11.8 Å². The Kier molecular flexibility index (Phi) is 23.5. The fourth-order valence-electron chi connectivity index (χ4n) is 10.9. The number of hydrogen-bond acceptors (Lipinski definition) is 15. The Morgan fingerprint density at radius 3 is 2.42 bits per heavy atom. The quantitative estimate of drug-likeness (QED) is 0.0301. The normalized spacial score (nSPS) is 25.5. The Morgan fingerprint density at radius 2 is 1.76 bits per heavy atom. The molecule has 3 heterocycles. The van der Waals surface area contributed by atoms with Crippen molar-refractivity contribution in [3.8, 4) is 5.75 Å². The molecule has 2 aromatic carbocycles. The molecule has 3 fully saturated rings. The van der Waals surface area contributed by atoms with Gasteiger partial charge in [-0.3, -0.25) is 34.1 Å². The number of Topliss-reactive ketones (excluding diaryl/α,β-unsaturated/α-hetero) is 2. The van der Waals surface area contributed by atoms with Crippen molar-refractivity contribution in [3.05, 3.63) is 75.1 Å². The van der Waals surface area contributed by atoms with Crippen molar-refractivity contribution in [2.24, 2.45) is 29.4 Å². The largest absolute Gasteiger partial charge is 0.495 e. The van der Waals surface area contributed by atoms with E-state index in [0.717, 1.165) is 42.5 Å². The minimum atomic E-state index is -1.68. The van der Waals surface area contributed by atoms with Gasteiger partial charge in [0.25, 0.3) is 0 Å². The van der Waals surface area contributed by atoms with E-state index in [1.54, 1.807) is 52.0 Å². The molecular weight excluding hydrogens is 1120 g/mol. The number of anilines is 2. The molecule has 6 rings (SSSR count). The molecule has 4 bridgehead atoms. The molecule has 6 N–H and O–H groups in total. The summed E-state index contributed by atoms with van der Waals surface area (Å²) in [7, 11) is 4.37. The lowest BCUT2D eigenvalue weighted by Gasteiger charge is -2.41. The fourth-order valence-corrected chi connectivity index (χ4v) is 11.4. The Bertz CT molecular complexity index is 2790. The second-order valence-corrected chi connectivity index (χ2v) is 23.7. The highest BCUT2D eigenvalue weighted by molar-refractivity contribution is 6.35. The van der Waals surface area contributed by atoms with Crippen LogP contribution >= 0.6 is 23.2 Å². The summed E-state index contributed by atoms with van der Waals surface area (Å²) in [5, 5.41) is 19.6. The highest BCUT2D eigenvalue weighted by atomic mass is 35.5. The number of amides is 5. The molecule has 0 unspecified atom stereocenters. The minimum Gasteiger partial charge on any atom is -0.495 e. The highest BCUT2D eigenvalue weighted by Crippen LogP contribution is 2.50. The van der Waals surface area contributed by atoms with Crippen LogP contribution in [0.25, 0.3) is 0 Å². The number of benzene rings is 2. The van der Waals surface area contributed by atoms with Gasteiger partial charge >= 0.3 is 24.1 Å². The molecule has 20 nitrogen and oxygen atoms in total. The molecule has 83 heavy (non-hydrogen) atoms. The van der Waals surface area contributed by atoms with Gasteiger partial charge in [0.05, 0.1) is 61.0 Å². The smallest absolute Gasteiger partial charge is 0.412 e. The van der Waals surface area contributed by atoms with Crippen LogP contribution in [0.5, 0.6) is 5.75 Å². The topological polar surface area (TPSA) is 281 Å². The van der Waals surface area contributed by atoms with Gasteiger partial charge in [-0.15, -0.1) is 0 Å². The lowest BCUT2D eigenvalue weighted by Crippen LogP contribution is -2.53. The number of unbranched alkanes of at least 4 members (excludes halogenated alkanes) is 2. The molecular formula is C60H80Cl2FN5O15. The Balaban J connectivity index is 1.17. The van der Waals surface area contributed by atoms with Crippen LogP contribution in [0.3, 0.4) is 0 Å². The SMILES string of the molecule is COc1cc2cc(c1Cl)N(C)C(=O)C[C@H](OC(=O)Nc1cc(F)c(CC(=O)[C@H](CCCNC(N)=O)NC(=O)[C@@H](CC(=O)CCCCCOC(=O)C3CCC3)C(C)C)cc1Cl)[C@]1(C)O[C@H]1[C@H](C)[C@@H]1C[C@@](O)(CC(=O)O1)[C@H](OC)/C=C/C=C(\C)C2. The van der Waals surface area contributed by atoms with Gasteiger partial charge in [-0.1, -0.05) is 74.2 Å². The summed E-state index contributed by atoms with van der Waals surface area (Å²) in [5.41, 5.74) is 3.64. The number of rotatable bonds is 23. The van der Waals surface area contributed by atoms with Crippen molar-refractivity contribution in [3.63, 3.8) is 0 Å². The summed E-state index contributed by atoms with van der Waals surface area (Å²) in [6.45, 7) is 9.18. The first-order valence-electron chi connectivity index (χ1n) is 28.4. The predicted molar refractivity (Wildman–Crippen MR) is 307 cm³/mol. The number of epoxide rings is 1. The van der Waals surface area contributed by atoms with Crippen LogP contribution in [-0.2, 0) is 65.3 Å². The van der Waals surface area contributed by atoms with Crippen molar-refractivity contribution in [1.82, 2.24) is 10.6 Å². The van der Waals surface area contributed by atoms with Gasteiger partial charge in [-0.25, -0.2) is 14.0 Å². The number of ketones is 2. The molecule has 3 aliphatic heterocycles. The van der Waals surface area contributed by atoms with Crippen LogP contribution in [0.1, 0.15) is 129 Å². The number of carbonyl (C=O) groups excluding carboxylic acids is 8. The van der Waals surface area contributed by atoms with E-state index in [1.165, 1.54) is 26.2 Å². The van der Waals surface area contributed by atoms with E-state index in [9.17, 15) is 43.5 Å². The van der Waals surface area contributed by atoms with Crippen molar-refractivity contribution in [2.45, 2.75) is 173 Å². The Hall–Kier alpha value is -6.13. The van der Waals surface area contributed by atoms with Crippen LogP contribution in [-0.4, -0.2) is 129 Å². The number of urea groups is 1. The van der Waals surface area contributed by atoms with Gasteiger partial charge < -0.3 is 54.8 Å². The van der Waals surface area contributed by atoms with Crippen LogP contribution in [0.4, 0.5) is 25.4 Å². The van der Waals surface area contributed by atoms with Gasteiger partial charge in [0.1, 0.15) is 51.9 Å². The first-order valence-corrected chi connectivity index (χ1v) is 29.1. The number of esters is 2. The predicted octanol–water partition coefficient (Wildman–Crippen LogP) is 8.60. The zero-order chi connectivity index (χ0) is 60.9. The molecule has 23 heteroatoms. The van der Waals surface area contributed by atoms with Gasteiger partial charge in [-0.2, -0.15) is 0 Å². The summed E-state index contributed by atoms with van der Waals surface area (Å²) in [6, 6.07) is 3.54. The second kappa shape index (κ2) is 29.6. The van der Waals surface area contributed by atoms with Crippen molar-refractivity contribution in [2.75, 3.05) is 44.6 Å². The first kappa shape index (κ1) is 66.0. The second-order valence-electron chi connectivity index (χ2n) is 22.9. The average molecular weight is 1200 g/mol. The molecule has 1 saturated carbocycles. The van der Waals surface area contributed by atoms with E-state index in [0.29, 0.717) is 37.1 Å². The monoisotopic (exact) mass is 1200 g/mol. The van der Waals surface area contributed by atoms with Gasteiger partial charge in [-0.05, 0) is 107 Å². The number of primary amides is 1. The number of nitrogens with one attached hydrogen (secondary N) is 3. The number of aliphatic hydroxyl groups is 1. The van der Waals surface area contributed by atoms with Crippen molar-refractivity contribution >= 4 is 82.0 Å². The number of methoxy groups -OCH3 is 2. The Morgan fingerprint density at radius 1 is 1.02 bits per heavy atom.